The van der Waals surface area contributed by atoms with Crippen molar-refractivity contribution in [3.05, 3.63) is 35.6 Å². The van der Waals surface area contributed by atoms with Gasteiger partial charge in [0.2, 0.25) is 5.91 Å². The molecule has 1 saturated heterocycles. The van der Waals surface area contributed by atoms with Crippen LogP contribution in [0.3, 0.4) is 0 Å². The highest BCUT2D eigenvalue weighted by atomic mass is 35.5. The van der Waals surface area contributed by atoms with Crippen LogP contribution in [0.4, 0.5) is 4.39 Å². The summed E-state index contributed by atoms with van der Waals surface area (Å²) in [6.07, 6.45) is 0. The minimum Gasteiger partial charge on any atom is -0.354 e. The Morgan fingerprint density at radius 1 is 1.30 bits per heavy atom. The zero-order valence-electron chi connectivity index (χ0n) is 13.7. The van der Waals surface area contributed by atoms with Crippen LogP contribution in [-0.2, 0) is 4.79 Å². The fourth-order valence-corrected chi connectivity index (χ4v) is 2.52. The summed E-state index contributed by atoms with van der Waals surface area (Å²) >= 11 is 0. The van der Waals surface area contributed by atoms with Crippen molar-refractivity contribution in [3.8, 4) is 0 Å². The molecular weight excluding hydrogens is 340 g/mol. The van der Waals surface area contributed by atoms with Gasteiger partial charge < -0.3 is 15.5 Å². The summed E-state index contributed by atoms with van der Waals surface area (Å²) in [5, 5.41) is 6.21. The van der Waals surface area contributed by atoms with Crippen LogP contribution in [0.2, 0.25) is 0 Å². The molecule has 2 atom stereocenters. The first-order valence-corrected chi connectivity index (χ1v) is 7.39. The maximum absolute atomic E-state index is 13.0. The Morgan fingerprint density at radius 3 is 2.30 bits per heavy atom. The van der Waals surface area contributed by atoms with Crippen molar-refractivity contribution >= 4 is 30.7 Å². The number of amides is 1. The van der Waals surface area contributed by atoms with E-state index in [1.807, 2.05) is 25.9 Å². The zero-order valence-corrected chi connectivity index (χ0v) is 15.3. The first kappa shape index (κ1) is 22.1. The highest BCUT2D eigenvalue weighted by Gasteiger charge is 2.29. The molecule has 0 spiro atoms. The predicted octanol–water partition coefficient (Wildman–Crippen LogP) is 2.24. The second-order valence-electron chi connectivity index (χ2n) is 5.98. The van der Waals surface area contributed by atoms with Crippen LogP contribution >= 0.6 is 24.8 Å². The van der Waals surface area contributed by atoms with Crippen LogP contribution in [-0.4, -0.2) is 44.5 Å². The van der Waals surface area contributed by atoms with E-state index in [0.29, 0.717) is 12.5 Å². The minimum absolute atomic E-state index is 0. The van der Waals surface area contributed by atoms with Gasteiger partial charge in [-0.25, -0.2) is 4.39 Å². The van der Waals surface area contributed by atoms with Gasteiger partial charge in [-0.15, -0.1) is 24.8 Å². The van der Waals surface area contributed by atoms with Gasteiger partial charge in [-0.3, -0.25) is 4.79 Å². The quantitative estimate of drug-likeness (QED) is 0.812. The molecule has 0 radical (unpaired) electrons. The van der Waals surface area contributed by atoms with Crippen molar-refractivity contribution in [1.82, 2.24) is 15.5 Å². The van der Waals surface area contributed by atoms with E-state index in [4.69, 9.17) is 0 Å². The van der Waals surface area contributed by atoms with Gasteiger partial charge in [0.25, 0.3) is 0 Å². The number of rotatable bonds is 6. The summed E-state index contributed by atoms with van der Waals surface area (Å²) in [6, 6.07) is 6.49. The lowest BCUT2D eigenvalue weighted by Gasteiger charge is -2.32. The zero-order chi connectivity index (χ0) is 15.4. The Bertz CT molecular complexity index is 481. The van der Waals surface area contributed by atoms with Crippen molar-refractivity contribution in [2.45, 2.75) is 13.0 Å². The van der Waals surface area contributed by atoms with Gasteiger partial charge in [-0.1, -0.05) is 19.1 Å². The Labute approximate surface area is 150 Å². The van der Waals surface area contributed by atoms with Gasteiger partial charge in [0.1, 0.15) is 5.82 Å². The van der Waals surface area contributed by atoms with Crippen molar-refractivity contribution in [3.63, 3.8) is 0 Å². The normalized spacial score (nSPS) is 16.6. The average molecular weight is 366 g/mol. The van der Waals surface area contributed by atoms with E-state index in [1.54, 1.807) is 12.1 Å². The van der Waals surface area contributed by atoms with Crippen LogP contribution < -0.4 is 10.6 Å². The topological polar surface area (TPSA) is 44.4 Å². The molecule has 2 unspecified atom stereocenters. The van der Waals surface area contributed by atoms with Crippen molar-refractivity contribution in [2.24, 2.45) is 11.8 Å². The van der Waals surface area contributed by atoms with E-state index < -0.39 is 0 Å². The van der Waals surface area contributed by atoms with E-state index in [2.05, 4.69) is 10.6 Å². The molecule has 1 aliphatic rings. The van der Waals surface area contributed by atoms with Gasteiger partial charge in [0.05, 0.1) is 6.04 Å². The standard InChI is InChI=1S/C16H24FN3O.2ClH/c1-11(13-8-18-9-13)16(21)19-10-15(20(2)3)12-4-6-14(17)7-5-12;;/h4-7,11,13,15,18H,8-10H2,1-3H3,(H,19,21);2*1H. The SMILES string of the molecule is CC(C(=O)NCC(c1ccc(F)cc1)N(C)C)C1CNC1.Cl.Cl. The number of halogens is 3. The molecule has 0 aliphatic carbocycles. The third-order valence-electron chi connectivity index (χ3n) is 4.28. The monoisotopic (exact) mass is 365 g/mol. The molecule has 0 saturated carbocycles. The van der Waals surface area contributed by atoms with Gasteiger partial charge >= 0.3 is 0 Å². The van der Waals surface area contributed by atoms with Crippen LogP contribution in [0.5, 0.6) is 0 Å². The molecule has 0 bridgehead atoms. The largest absolute Gasteiger partial charge is 0.354 e. The average Bonchev–Trinajstić information content (AvgIpc) is 2.38. The molecule has 1 heterocycles. The molecule has 2 N–H and O–H groups in total. The Kier molecular flexibility index (Phi) is 9.70. The van der Waals surface area contributed by atoms with Crippen LogP contribution in [0.1, 0.15) is 18.5 Å². The fourth-order valence-electron chi connectivity index (χ4n) is 2.52. The molecule has 1 aromatic carbocycles. The van der Waals surface area contributed by atoms with E-state index in [1.165, 1.54) is 12.1 Å². The number of nitrogens with one attached hydrogen (secondary N) is 2. The Balaban J connectivity index is 0.00000242. The molecule has 1 fully saturated rings. The number of hydrogen-bond donors (Lipinski definition) is 2. The van der Waals surface area contributed by atoms with Gasteiger partial charge in [-0.05, 0) is 50.8 Å². The number of nitrogens with zero attached hydrogens (tertiary/aromatic N) is 1. The smallest absolute Gasteiger partial charge is 0.223 e. The van der Waals surface area contributed by atoms with Crippen LogP contribution in [0, 0.1) is 17.7 Å². The van der Waals surface area contributed by atoms with E-state index in [-0.39, 0.29) is 48.5 Å². The first-order valence-electron chi connectivity index (χ1n) is 7.39. The molecule has 23 heavy (non-hydrogen) atoms. The molecular formula is C16H26Cl2FN3O. The van der Waals surface area contributed by atoms with Crippen molar-refractivity contribution in [2.75, 3.05) is 33.7 Å². The summed E-state index contributed by atoms with van der Waals surface area (Å²) in [6.45, 7) is 4.35. The fraction of sp³-hybridized carbons (Fsp3) is 0.562. The molecule has 0 aromatic heterocycles. The second kappa shape index (κ2) is 10.1. The summed E-state index contributed by atoms with van der Waals surface area (Å²) < 4.78 is 13.0. The van der Waals surface area contributed by atoms with E-state index in [9.17, 15) is 9.18 Å². The van der Waals surface area contributed by atoms with Gasteiger partial charge in [-0.2, -0.15) is 0 Å². The van der Waals surface area contributed by atoms with Crippen LogP contribution in [0.25, 0.3) is 0 Å². The summed E-state index contributed by atoms with van der Waals surface area (Å²) in [7, 11) is 3.92. The predicted molar refractivity (Wildman–Crippen MR) is 95.9 cm³/mol. The number of carbonyl (C=O) groups excluding carboxylic acids is 1. The third-order valence-corrected chi connectivity index (χ3v) is 4.28. The lowest BCUT2D eigenvalue weighted by molar-refractivity contribution is -0.126. The molecule has 1 aliphatic heterocycles. The summed E-state index contributed by atoms with van der Waals surface area (Å²) in [5.74, 6) is 0.317. The number of carbonyl (C=O) groups is 1. The first-order chi connectivity index (χ1) is 9.99. The molecule has 4 nitrogen and oxygen atoms in total. The second-order valence-corrected chi connectivity index (χ2v) is 5.98. The Hall–Kier alpha value is -0.880. The Morgan fingerprint density at radius 2 is 1.87 bits per heavy atom. The minimum atomic E-state index is -0.244. The van der Waals surface area contributed by atoms with Gasteiger partial charge in [0.15, 0.2) is 0 Å². The lowest BCUT2D eigenvalue weighted by atomic mass is 9.88. The number of benzene rings is 1. The number of hydrogen-bond acceptors (Lipinski definition) is 3. The summed E-state index contributed by atoms with van der Waals surface area (Å²) in [5.41, 5.74) is 1.000. The van der Waals surface area contributed by atoms with Crippen molar-refractivity contribution < 1.29 is 9.18 Å². The maximum Gasteiger partial charge on any atom is 0.223 e. The summed E-state index contributed by atoms with van der Waals surface area (Å²) in [4.78, 5) is 14.2. The third kappa shape index (κ3) is 5.92. The molecule has 1 amide bonds. The van der Waals surface area contributed by atoms with Crippen molar-refractivity contribution in [1.29, 1.82) is 0 Å². The highest BCUT2D eigenvalue weighted by molar-refractivity contribution is 5.85. The lowest BCUT2D eigenvalue weighted by Crippen LogP contribution is -2.50. The molecule has 132 valence electrons. The van der Waals surface area contributed by atoms with E-state index in [0.717, 1.165) is 18.7 Å². The van der Waals surface area contributed by atoms with E-state index >= 15 is 0 Å². The maximum atomic E-state index is 13.0. The molecule has 2 rings (SSSR count). The highest BCUT2D eigenvalue weighted by Crippen LogP contribution is 2.19. The number of likely N-dealkylation sites (N-methyl/N-ethyl adjacent to an activating group) is 1. The molecule has 1 aromatic rings. The van der Waals surface area contributed by atoms with Crippen LogP contribution in [0.15, 0.2) is 24.3 Å². The van der Waals surface area contributed by atoms with Gasteiger partial charge in [0, 0.05) is 12.5 Å². The molecule has 7 heteroatoms.